The maximum Gasteiger partial charge on any atom is 0.228 e. The number of halogens is 2. The molecular formula is C12H13BrClNO2. The van der Waals surface area contributed by atoms with Crippen LogP contribution in [0.3, 0.4) is 0 Å². The van der Waals surface area contributed by atoms with Gasteiger partial charge in [-0.15, -0.1) is 0 Å². The zero-order chi connectivity index (χ0) is 12.4. The van der Waals surface area contributed by atoms with Crippen LogP contribution in [-0.2, 0) is 4.79 Å². The molecule has 92 valence electrons. The number of carbonyl (C=O) groups is 1. The summed E-state index contributed by atoms with van der Waals surface area (Å²) >= 11 is 9.40. The fraction of sp³-hybridized carbons (Fsp3) is 0.417. The van der Waals surface area contributed by atoms with Crippen molar-refractivity contribution in [3.05, 3.63) is 23.2 Å². The minimum atomic E-state index is 0.107. The number of ether oxygens (including phenoxy) is 1. The van der Waals surface area contributed by atoms with Crippen LogP contribution in [-0.4, -0.2) is 23.9 Å². The quantitative estimate of drug-likeness (QED) is 0.801. The number of hydrogen-bond donors (Lipinski definition) is 0. The first-order chi connectivity index (χ1) is 8.11. The highest BCUT2D eigenvalue weighted by Crippen LogP contribution is 2.35. The van der Waals surface area contributed by atoms with E-state index in [-0.39, 0.29) is 10.7 Å². The molecule has 0 N–H and O–H groups in total. The maximum absolute atomic E-state index is 11.8. The van der Waals surface area contributed by atoms with Crippen molar-refractivity contribution in [3.63, 3.8) is 0 Å². The zero-order valence-corrected chi connectivity index (χ0v) is 11.8. The molecule has 1 aromatic carbocycles. The predicted octanol–water partition coefficient (Wildman–Crippen LogP) is 3.24. The van der Waals surface area contributed by atoms with Gasteiger partial charge in [-0.3, -0.25) is 4.79 Å². The maximum atomic E-state index is 11.8. The summed E-state index contributed by atoms with van der Waals surface area (Å²) in [6.07, 6.45) is 0.522. The monoisotopic (exact) mass is 317 g/mol. The summed E-state index contributed by atoms with van der Waals surface area (Å²) in [5.74, 6) is 0.769. The molecule has 1 saturated heterocycles. The van der Waals surface area contributed by atoms with Gasteiger partial charge in [0.05, 0.1) is 12.3 Å². The molecule has 1 heterocycles. The van der Waals surface area contributed by atoms with Crippen molar-refractivity contribution in [2.75, 3.05) is 18.1 Å². The molecule has 0 aromatic heterocycles. The van der Waals surface area contributed by atoms with E-state index in [0.717, 1.165) is 5.69 Å². The molecule has 2 rings (SSSR count). The number of rotatable bonds is 3. The largest absolute Gasteiger partial charge is 0.492 e. The number of amides is 1. The molecule has 0 spiro atoms. The number of hydrogen-bond acceptors (Lipinski definition) is 2. The van der Waals surface area contributed by atoms with Crippen LogP contribution >= 0.6 is 27.5 Å². The van der Waals surface area contributed by atoms with E-state index in [1.54, 1.807) is 17.0 Å². The van der Waals surface area contributed by atoms with E-state index in [1.165, 1.54) is 0 Å². The van der Waals surface area contributed by atoms with Crippen LogP contribution in [0.5, 0.6) is 5.75 Å². The number of nitrogens with zero attached hydrogens (tertiary/aromatic N) is 1. The van der Waals surface area contributed by atoms with Crippen molar-refractivity contribution in [2.45, 2.75) is 18.2 Å². The van der Waals surface area contributed by atoms with Crippen molar-refractivity contribution in [3.8, 4) is 5.75 Å². The van der Waals surface area contributed by atoms with Gasteiger partial charge in [0.2, 0.25) is 5.91 Å². The number of carbonyl (C=O) groups excluding carboxylic acids is 1. The smallest absolute Gasteiger partial charge is 0.228 e. The van der Waals surface area contributed by atoms with Crippen LogP contribution in [0.25, 0.3) is 0 Å². The Morgan fingerprint density at radius 3 is 2.94 bits per heavy atom. The minimum absolute atomic E-state index is 0.107. The van der Waals surface area contributed by atoms with Gasteiger partial charge >= 0.3 is 0 Å². The van der Waals surface area contributed by atoms with Crippen molar-refractivity contribution >= 4 is 39.1 Å². The molecule has 1 amide bonds. The lowest BCUT2D eigenvalue weighted by molar-refractivity contribution is -0.117. The Kier molecular flexibility index (Phi) is 3.94. The number of alkyl halides is 1. The van der Waals surface area contributed by atoms with Gasteiger partial charge in [-0.1, -0.05) is 27.5 Å². The summed E-state index contributed by atoms with van der Waals surface area (Å²) in [6.45, 7) is 3.12. The molecule has 1 aliphatic rings. The second-order valence-electron chi connectivity index (χ2n) is 3.85. The third-order valence-corrected chi connectivity index (χ3v) is 3.44. The average Bonchev–Trinajstić information content (AvgIpc) is 2.59. The lowest BCUT2D eigenvalue weighted by Crippen LogP contribution is -2.25. The fourth-order valence-electron chi connectivity index (χ4n) is 1.88. The van der Waals surface area contributed by atoms with Crippen LogP contribution in [0, 0.1) is 0 Å². The molecule has 3 nitrogen and oxygen atoms in total. The Balaban J connectivity index is 2.34. The van der Waals surface area contributed by atoms with Crippen LogP contribution in [0.1, 0.15) is 13.3 Å². The summed E-state index contributed by atoms with van der Waals surface area (Å²) in [4.78, 5) is 13.8. The number of anilines is 1. The second kappa shape index (κ2) is 5.27. The lowest BCUT2D eigenvalue weighted by atomic mass is 10.2. The Morgan fingerprint density at radius 2 is 2.35 bits per heavy atom. The molecule has 0 bridgehead atoms. The topological polar surface area (TPSA) is 29.5 Å². The van der Waals surface area contributed by atoms with Crippen LogP contribution in [0.15, 0.2) is 18.2 Å². The van der Waals surface area contributed by atoms with Crippen LogP contribution < -0.4 is 9.64 Å². The van der Waals surface area contributed by atoms with E-state index in [2.05, 4.69) is 15.9 Å². The van der Waals surface area contributed by atoms with Gasteiger partial charge in [-0.05, 0) is 19.1 Å². The molecule has 0 aliphatic carbocycles. The highest BCUT2D eigenvalue weighted by molar-refractivity contribution is 9.09. The molecular weight excluding hydrogens is 305 g/mol. The molecule has 1 unspecified atom stereocenters. The van der Waals surface area contributed by atoms with E-state index < -0.39 is 0 Å². The average molecular weight is 319 g/mol. The zero-order valence-electron chi connectivity index (χ0n) is 9.45. The van der Waals surface area contributed by atoms with E-state index >= 15 is 0 Å². The van der Waals surface area contributed by atoms with Gasteiger partial charge in [0, 0.05) is 28.9 Å². The van der Waals surface area contributed by atoms with E-state index in [1.807, 2.05) is 13.0 Å². The van der Waals surface area contributed by atoms with Gasteiger partial charge in [-0.2, -0.15) is 0 Å². The second-order valence-corrected chi connectivity index (χ2v) is 5.58. The molecule has 1 fully saturated rings. The Bertz CT molecular complexity index is 439. The van der Waals surface area contributed by atoms with Crippen LogP contribution in [0.4, 0.5) is 5.69 Å². The van der Waals surface area contributed by atoms with E-state index in [4.69, 9.17) is 16.3 Å². The summed E-state index contributed by atoms with van der Waals surface area (Å²) in [7, 11) is 0. The summed E-state index contributed by atoms with van der Waals surface area (Å²) < 4.78 is 5.52. The van der Waals surface area contributed by atoms with Crippen molar-refractivity contribution in [2.24, 2.45) is 0 Å². The lowest BCUT2D eigenvalue weighted by Gasteiger charge is -2.19. The summed E-state index contributed by atoms with van der Waals surface area (Å²) in [5.41, 5.74) is 0.795. The first-order valence-corrected chi connectivity index (χ1v) is 6.78. The molecule has 1 aromatic rings. The third kappa shape index (κ3) is 2.75. The van der Waals surface area contributed by atoms with Crippen molar-refractivity contribution < 1.29 is 9.53 Å². The third-order valence-electron chi connectivity index (χ3n) is 2.59. The summed E-state index contributed by atoms with van der Waals surface area (Å²) in [6, 6.07) is 5.35. The van der Waals surface area contributed by atoms with Gasteiger partial charge in [0.1, 0.15) is 5.75 Å². The molecule has 0 radical (unpaired) electrons. The fourth-order valence-corrected chi connectivity index (χ4v) is 2.61. The first-order valence-electron chi connectivity index (χ1n) is 5.48. The van der Waals surface area contributed by atoms with Crippen molar-refractivity contribution in [1.29, 1.82) is 0 Å². The predicted molar refractivity (Wildman–Crippen MR) is 72.3 cm³/mol. The van der Waals surface area contributed by atoms with Crippen LogP contribution in [0.2, 0.25) is 5.02 Å². The van der Waals surface area contributed by atoms with E-state index in [0.29, 0.717) is 30.3 Å². The highest BCUT2D eigenvalue weighted by Gasteiger charge is 2.30. The Hall–Kier alpha value is -0.740. The van der Waals surface area contributed by atoms with Gasteiger partial charge in [0.15, 0.2) is 0 Å². The standard InChI is InChI=1S/C12H13BrClNO2/c1-2-17-11-6-9(14)3-4-10(11)15-7-8(13)5-12(15)16/h3-4,6,8H,2,5,7H2,1H3. The Labute approximate surface area is 114 Å². The van der Waals surface area contributed by atoms with Crippen molar-refractivity contribution in [1.82, 2.24) is 0 Å². The van der Waals surface area contributed by atoms with Gasteiger partial charge < -0.3 is 9.64 Å². The number of benzene rings is 1. The molecule has 1 aliphatic heterocycles. The molecule has 17 heavy (non-hydrogen) atoms. The first kappa shape index (κ1) is 12.7. The van der Waals surface area contributed by atoms with Gasteiger partial charge in [0.25, 0.3) is 0 Å². The molecule has 5 heteroatoms. The minimum Gasteiger partial charge on any atom is -0.492 e. The Morgan fingerprint density at radius 1 is 1.59 bits per heavy atom. The summed E-state index contributed by atoms with van der Waals surface area (Å²) in [5, 5.41) is 0.610. The highest BCUT2D eigenvalue weighted by atomic mass is 79.9. The molecule has 1 atom stereocenters. The SMILES string of the molecule is CCOc1cc(Cl)ccc1N1CC(Br)CC1=O. The normalized spacial score (nSPS) is 19.8. The molecule has 0 saturated carbocycles. The van der Waals surface area contributed by atoms with Gasteiger partial charge in [-0.25, -0.2) is 0 Å². The van der Waals surface area contributed by atoms with E-state index in [9.17, 15) is 4.79 Å².